The van der Waals surface area contributed by atoms with E-state index in [4.69, 9.17) is 11.6 Å². The summed E-state index contributed by atoms with van der Waals surface area (Å²) in [5.74, 6) is -0.324. The van der Waals surface area contributed by atoms with Crippen LogP contribution < -0.4 is 10.6 Å². The molecule has 0 radical (unpaired) electrons. The van der Waals surface area contributed by atoms with Gasteiger partial charge in [-0.2, -0.15) is 13.2 Å². The van der Waals surface area contributed by atoms with Crippen LogP contribution >= 0.6 is 11.6 Å². The molecule has 2 N–H and O–H groups in total. The minimum atomic E-state index is -4.62. The normalized spacial score (nSPS) is 12.5. The second kappa shape index (κ2) is 8.62. The zero-order chi connectivity index (χ0) is 23.8. The molecule has 0 aliphatic rings. The number of amides is 1. The summed E-state index contributed by atoms with van der Waals surface area (Å²) >= 11 is 5.57. The molecule has 0 spiro atoms. The molecule has 0 aromatic carbocycles. The first-order valence-electron chi connectivity index (χ1n) is 9.51. The quantitative estimate of drug-likeness (QED) is 0.447. The number of nitrogens with one attached hydrogen (secondary N) is 2. The van der Waals surface area contributed by atoms with E-state index >= 15 is 0 Å². The van der Waals surface area contributed by atoms with E-state index in [1.54, 1.807) is 23.9 Å². The van der Waals surface area contributed by atoms with Gasteiger partial charge < -0.3 is 15.2 Å². The molecule has 170 valence electrons. The van der Waals surface area contributed by atoms with Crippen molar-refractivity contribution in [3.8, 4) is 0 Å². The van der Waals surface area contributed by atoms with E-state index in [0.717, 1.165) is 17.8 Å². The van der Waals surface area contributed by atoms with Crippen LogP contribution in [0.3, 0.4) is 0 Å². The number of alkyl halides is 3. The molecular weight excluding hydrogens is 461 g/mol. The second-order valence-corrected chi connectivity index (χ2v) is 7.51. The first-order chi connectivity index (χ1) is 15.6. The van der Waals surface area contributed by atoms with Crippen LogP contribution in [0.4, 0.5) is 24.8 Å². The van der Waals surface area contributed by atoms with Gasteiger partial charge in [0.25, 0.3) is 5.91 Å². The molecule has 0 aliphatic carbocycles. The summed E-state index contributed by atoms with van der Waals surface area (Å²) in [6.07, 6.45) is 2.15. The maximum atomic E-state index is 13.0. The van der Waals surface area contributed by atoms with Crippen molar-refractivity contribution in [2.24, 2.45) is 7.05 Å². The number of nitrogens with zero attached hydrogens (tertiary/aromatic N) is 6. The number of anilines is 2. The van der Waals surface area contributed by atoms with Crippen LogP contribution in [0.1, 0.15) is 34.7 Å². The van der Waals surface area contributed by atoms with Crippen LogP contribution in [-0.4, -0.2) is 35.4 Å². The zero-order valence-electron chi connectivity index (χ0n) is 17.2. The standard InChI is InChI=1S/C20H16ClF3N8O/c1-10(30-19(33)13-4-16-15(7-25-13)29-9-32(16)2)14-6-28-18(8-26-14)31-17-3-11(20(22,23)24)12(21)5-27-17/h3-10H,1-2H3,(H,30,33)(H,27,28,31). The SMILES string of the molecule is CC(NC(=O)c1cc2c(cn1)ncn2C)c1cnc(Nc2cc(C(F)(F)F)c(Cl)cn2)cn1. The maximum absolute atomic E-state index is 13.0. The van der Waals surface area contributed by atoms with Crippen molar-refractivity contribution in [3.05, 3.63) is 65.2 Å². The average Bonchev–Trinajstić information content (AvgIpc) is 3.15. The van der Waals surface area contributed by atoms with Crippen molar-refractivity contribution in [2.45, 2.75) is 19.1 Å². The molecule has 4 aromatic rings. The molecule has 4 heterocycles. The van der Waals surface area contributed by atoms with Gasteiger partial charge >= 0.3 is 6.18 Å². The molecule has 4 aromatic heterocycles. The van der Waals surface area contributed by atoms with Crippen molar-refractivity contribution >= 4 is 40.2 Å². The molecule has 1 amide bonds. The molecule has 13 heteroatoms. The Hall–Kier alpha value is -3.80. The molecule has 0 aliphatic heterocycles. The molecule has 0 saturated heterocycles. The van der Waals surface area contributed by atoms with Crippen molar-refractivity contribution in [2.75, 3.05) is 5.32 Å². The monoisotopic (exact) mass is 476 g/mol. The Bertz CT molecular complexity index is 1320. The van der Waals surface area contributed by atoms with E-state index in [9.17, 15) is 18.0 Å². The van der Waals surface area contributed by atoms with E-state index in [1.165, 1.54) is 18.6 Å². The number of hydrogen-bond acceptors (Lipinski definition) is 7. The lowest BCUT2D eigenvalue weighted by Crippen LogP contribution is -2.28. The highest BCUT2D eigenvalue weighted by molar-refractivity contribution is 6.31. The number of aryl methyl sites for hydroxylation is 1. The van der Waals surface area contributed by atoms with Crippen LogP contribution in [-0.2, 0) is 13.2 Å². The van der Waals surface area contributed by atoms with Gasteiger partial charge in [0.15, 0.2) is 0 Å². The molecular formula is C20H16ClF3N8O. The number of fused-ring (bicyclic) bond motifs is 1. The highest BCUT2D eigenvalue weighted by Crippen LogP contribution is 2.35. The predicted octanol–water partition coefficient (Wildman–Crippen LogP) is 4.06. The molecule has 1 atom stereocenters. The molecule has 0 fully saturated rings. The van der Waals surface area contributed by atoms with Crippen LogP contribution in [0, 0.1) is 0 Å². The lowest BCUT2D eigenvalue weighted by Gasteiger charge is -2.14. The summed E-state index contributed by atoms with van der Waals surface area (Å²) < 4.78 is 40.8. The minimum Gasteiger partial charge on any atom is -0.343 e. The number of carbonyl (C=O) groups excluding carboxylic acids is 1. The van der Waals surface area contributed by atoms with Crippen LogP contribution in [0.2, 0.25) is 5.02 Å². The second-order valence-electron chi connectivity index (χ2n) is 7.11. The van der Waals surface area contributed by atoms with Crippen molar-refractivity contribution in [1.29, 1.82) is 0 Å². The van der Waals surface area contributed by atoms with Gasteiger partial charge in [-0.3, -0.25) is 9.78 Å². The first kappa shape index (κ1) is 22.4. The van der Waals surface area contributed by atoms with Crippen molar-refractivity contribution in [1.82, 2.24) is 34.8 Å². The highest BCUT2D eigenvalue weighted by Gasteiger charge is 2.33. The summed E-state index contributed by atoms with van der Waals surface area (Å²) in [5.41, 5.74) is 1.09. The first-order valence-corrected chi connectivity index (χ1v) is 9.89. The fraction of sp³-hybridized carbons (Fsp3) is 0.200. The van der Waals surface area contributed by atoms with E-state index in [1.807, 2.05) is 7.05 Å². The van der Waals surface area contributed by atoms with E-state index in [2.05, 4.69) is 35.6 Å². The Balaban J connectivity index is 1.44. The predicted molar refractivity (Wildman–Crippen MR) is 114 cm³/mol. The van der Waals surface area contributed by atoms with Gasteiger partial charge in [-0.1, -0.05) is 11.6 Å². The Morgan fingerprint density at radius 3 is 2.48 bits per heavy atom. The van der Waals surface area contributed by atoms with Gasteiger partial charge in [-0.15, -0.1) is 0 Å². The van der Waals surface area contributed by atoms with Gasteiger partial charge in [0, 0.05) is 13.2 Å². The fourth-order valence-corrected chi connectivity index (χ4v) is 3.19. The Kier molecular flexibility index (Phi) is 5.85. The number of rotatable bonds is 5. The smallest absolute Gasteiger partial charge is 0.343 e. The summed E-state index contributed by atoms with van der Waals surface area (Å²) in [7, 11) is 1.81. The third-order valence-corrected chi connectivity index (χ3v) is 5.03. The van der Waals surface area contributed by atoms with Crippen molar-refractivity contribution in [3.63, 3.8) is 0 Å². The largest absolute Gasteiger partial charge is 0.418 e. The van der Waals surface area contributed by atoms with Gasteiger partial charge in [0.05, 0.1) is 52.8 Å². The van der Waals surface area contributed by atoms with E-state index in [0.29, 0.717) is 11.2 Å². The molecule has 9 nitrogen and oxygen atoms in total. The lowest BCUT2D eigenvalue weighted by atomic mass is 10.2. The molecule has 0 saturated carbocycles. The number of hydrogen-bond donors (Lipinski definition) is 2. The van der Waals surface area contributed by atoms with Crippen LogP contribution in [0.25, 0.3) is 11.0 Å². The Labute approximate surface area is 190 Å². The maximum Gasteiger partial charge on any atom is 0.418 e. The number of carbonyl (C=O) groups is 1. The number of halogens is 4. The average molecular weight is 477 g/mol. The summed E-state index contributed by atoms with van der Waals surface area (Å²) in [5, 5.41) is 4.93. The van der Waals surface area contributed by atoms with E-state index in [-0.39, 0.29) is 17.3 Å². The van der Waals surface area contributed by atoms with Crippen molar-refractivity contribution < 1.29 is 18.0 Å². The fourth-order valence-electron chi connectivity index (χ4n) is 2.98. The van der Waals surface area contributed by atoms with Gasteiger partial charge in [-0.05, 0) is 19.1 Å². The van der Waals surface area contributed by atoms with Gasteiger partial charge in [0.2, 0.25) is 0 Å². The molecule has 0 bridgehead atoms. The van der Waals surface area contributed by atoms with Gasteiger partial charge in [0.1, 0.15) is 22.8 Å². The summed E-state index contributed by atoms with van der Waals surface area (Å²) in [6.45, 7) is 1.72. The summed E-state index contributed by atoms with van der Waals surface area (Å²) in [4.78, 5) is 33.0. The third kappa shape index (κ3) is 4.85. The Morgan fingerprint density at radius 2 is 1.79 bits per heavy atom. The third-order valence-electron chi connectivity index (χ3n) is 4.72. The van der Waals surface area contributed by atoms with Gasteiger partial charge in [-0.25, -0.2) is 19.9 Å². The number of imidazole rings is 1. The molecule has 1 unspecified atom stereocenters. The molecule has 33 heavy (non-hydrogen) atoms. The highest BCUT2D eigenvalue weighted by atomic mass is 35.5. The number of pyridine rings is 2. The van der Waals surface area contributed by atoms with E-state index < -0.39 is 28.7 Å². The minimum absolute atomic E-state index is 0.0910. The number of aromatic nitrogens is 6. The Morgan fingerprint density at radius 1 is 1.03 bits per heavy atom. The van der Waals surface area contributed by atoms with Crippen LogP contribution in [0.15, 0.2) is 43.2 Å². The lowest BCUT2D eigenvalue weighted by molar-refractivity contribution is -0.137. The summed E-state index contributed by atoms with van der Waals surface area (Å²) in [6, 6.07) is 1.91. The molecule has 4 rings (SSSR count). The zero-order valence-corrected chi connectivity index (χ0v) is 18.0. The topological polar surface area (TPSA) is 111 Å². The van der Waals surface area contributed by atoms with Crippen LogP contribution in [0.5, 0.6) is 0 Å².